The van der Waals surface area contributed by atoms with E-state index < -0.39 is 0 Å². The molecule has 1 aromatic rings. The number of anilines is 1. The molecule has 2 rings (SSSR count). The lowest BCUT2D eigenvalue weighted by molar-refractivity contribution is 0.366. The lowest BCUT2D eigenvalue weighted by atomic mass is 9.91. The van der Waals surface area contributed by atoms with Crippen molar-refractivity contribution in [3.63, 3.8) is 0 Å². The average molecular weight is 268 g/mol. The third-order valence-electron chi connectivity index (χ3n) is 3.84. The predicted octanol–water partition coefficient (Wildman–Crippen LogP) is 4.59. The number of nitrogens with one attached hydrogen (secondary N) is 1. The molecule has 1 saturated carbocycles. The highest BCUT2D eigenvalue weighted by molar-refractivity contribution is 6.32. The number of halogens is 1. The van der Waals surface area contributed by atoms with Crippen molar-refractivity contribution in [3.05, 3.63) is 23.2 Å². The van der Waals surface area contributed by atoms with Crippen LogP contribution in [0.1, 0.15) is 33.6 Å². The Bertz CT molecular complexity index is 431. The molecule has 2 atom stereocenters. The van der Waals surface area contributed by atoms with Gasteiger partial charge in [-0.15, -0.1) is 0 Å². The summed E-state index contributed by atoms with van der Waals surface area (Å²) < 4.78 is 5.25. The van der Waals surface area contributed by atoms with Gasteiger partial charge in [0, 0.05) is 17.8 Å². The van der Waals surface area contributed by atoms with Gasteiger partial charge in [-0.2, -0.15) is 0 Å². The molecule has 0 spiro atoms. The van der Waals surface area contributed by atoms with Gasteiger partial charge < -0.3 is 10.1 Å². The van der Waals surface area contributed by atoms with E-state index in [0.29, 0.717) is 22.4 Å². The standard InChI is InChI=1S/C15H22ClNO/c1-10-8-15(2,3)9-13(10)17-11-5-6-12(16)14(7-11)18-4/h5-7,10,13,17H,8-9H2,1-4H3. The summed E-state index contributed by atoms with van der Waals surface area (Å²) in [5.74, 6) is 1.42. The normalized spacial score (nSPS) is 26.1. The number of hydrogen-bond donors (Lipinski definition) is 1. The highest BCUT2D eigenvalue weighted by Gasteiger charge is 2.36. The number of hydrogen-bond acceptors (Lipinski definition) is 2. The summed E-state index contributed by atoms with van der Waals surface area (Å²) in [6.07, 6.45) is 2.48. The number of benzene rings is 1. The maximum absolute atomic E-state index is 6.03. The molecule has 0 bridgehead atoms. The van der Waals surface area contributed by atoms with Crippen LogP contribution in [0.15, 0.2) is 18.2 Å². The van der Waals surface area contributed by atoms with Crippen molar-refractivity contribution < 1.29 is 4.74 Å². The second-order valence-electron chi connectivity index (χ2n) is 6.15. The molecule has 2 unspecified atom stereocenters. The van der Waals surface area contributed by atoms with Crippen molar-refractivity contribution in [1.82, 2.24) is 0 Å². The molecular formula is C15H22ClNO. The van der Waals surface area contributed by atoms with E-state index >= 15 is 0 Å². The topological polar surface area (TPSA) is 21.3 Å². The largest absolute Gasteiger partial charge is 0.495 e. The van der Waals surface area contributed by atoms with E-state index in [0.717, 1.165) is 11.4 Å². The fourth-order valence-electron chi connectivity index (χ4n) is 3.05. The molecule has 1 aliphatic carbocycles. The van der Waals surface area contributed by atoms with Crippen molar-refractivity contribution >= 4 is 17.3 Å². The molecule has 2 nitrogen and oxygen atoms in total. The number of ether oxygens (including phenoxy) is 1. The Balaban J connectivity index is 2.10. The van der Waals surface area contributed by atoms with Crippen LogP contribution < -0.4 is 10.1 Å². The molecule has 1 fully saturated rings. The minimum atomic E-state index is 0.438. The first-order valence-electron chi connectivity index (χ1n) is 6.51. The van der Waals surface area contributed by atoms with Crippen LogP contribution in [0, 0.1) is 11.3 Å². The van der Waals surface area contributed by atoms with Crippen LogP contribution in [0.25, 0.3) is 0 Å². The Kier molecular flexibility index (Phi) is 3.76. The summed E-state index contributed by atoms with van der Waals surface area (Å²) in [6, 6.07) is 6.40. The van der Waals surface area contributed by atoms with E-state index in [-0.39, 0.29) is 0 Å². The number of rotatable bonds is 3. The van der Waals surface area contributed by atoms with Crippen molar-refractivity contribution in [1.29, 1.82) is 0 Å². The van der Waals surface area contributed by atoms with Crippen LogP contribution in [-0.4, -0.2) is 13.2 Å². The molecular weight excluding hydrogens is 246 g/mol. The summed E-state index contributed by atoms with van der Waals surface area (Å²) in [7, 11) is 1.65. The lowest BCUT2D eigenvalue weighted by Gasteiger charge is -2.20. The maximum Gasteiger partial charge on any atom is 0.139 e. The van der Waals surface area contributed by atoms with Gasteiger partial charge >= 0.3 is 0 Å². The van der Waals surface area contributed by atoms with Gasteiger partial charge in [0.1, 0.15) is 5.75 Å². The third-order valence-corrected chi connectivity index (χ3v) is 4.15. The SMILES string of the molecule is COc1cc(NC2CC(C)(C)CC2C)ccc1Cl. The van der Waals surface area contributed by atoms with Gasteiger partial charge in [0.25, 0.3) is 0 Å². The van der Waals surface area contributed by atoms with E-state index in [2.05, 4.69) is 26.1 Å². The van der Waals surface area contributed by atoms with Gasteiger partial charge in [0.05, 0.1) is 12.1 Å². The van der Waals surface area contributed by atoms with Gasteiger partial charge in [-0.25, -0.2) is 0 Å². The fraction of sp³-hybridized carbons (Fsp3) is 0.600. The van der Waals surface area contributed by atoms with Crippen LogP contribution in [0.2, 0.25) is 5.02 Å². The van der Waals surface area contributed by atoms with Gasteiger partial charge in [-0.05, 0) is 36.3 Å². The highest BCUT2D eigenvalue weighted by atomic mass is 35.5. The van der Waals surface area contributed by atoms with E-state index in [1.165, 1.54) is 12.8 Å². The summed E-state index contributed by atoms with van der Waals surface area (Å²) in [5.41, 5.74) is 1.53. The van der Waals surface area contributed by atoms with Crippen molar-refractivity contribution in [2.24, 2.45) is 11.3 Å². The van der Waals surface area contributed by atoms with Crippen LogP contribution in [0.3, 0.4) is 0 Å². The van der Waals surface area contributed by atoms with E-state index in [9.17, 15) is 0 Å². The predicted molar refractivity (Wildman–Crippen MR) is 77.6 cm³/mol. The summed E-state index contributed by atoms with van der Waals surface area (Å²) in [4.78, 5) is 0. The smallest absolute Gasteiger partial charge is 0.139 e. The van der Waals surface area contributed by atoms with Gasteiger partial charge in [-0.1, -0.05) is 32.4 Å². The zero-order valence-corrected chi connectivity index (χ0v) is 12.3. The lowest BCUT2D eigenvalue weighted by Crippen LogP contribution is -2.22. The summed E-state index contributed by atoms with van der Waals surface area (Å²) >= 11 is 6.03. The molecule has 0 radical (unpaired) electrons. The Morgan fingerprint density at radius 3 is 2.61 bits per heavy atom. The minimum Gasteiger partial charge on any atom is -0.495 e. The van der Waals surface area contributed by atoms with Crippen LogP contribution in [-0.2, 0) is 0 Å². The Morgan fingerprint density at radius 2 is 2.06 bits per heavy atom. The third kappa shape index (κ3) is 2.92. The van der Waals surface area contributed by atoms with Crippen molar-refractivity contribution in [2.45, 2.75) is 39.7 Å². The van der Waals surface area contributed by atoms with E-state index in [1.54, 1.807) is 7.11 Å². The van der Waals surface area contributed by atoms with Crippen LogP contribution in [0.4, 0.5) is 5.69 Å². The fourth-order valence-corrected chi connectivity index (χ4v) is 3.25. The van der Waals surface area contributed by atoms with Crippen molar-refractivity contribution in [3.8, 4) is 5.75 Å². The molecule has 1 aliphatic rings. The van der Waals surface area contributed by atoms with Gasteiger partial charge in [0.2, 0.25) is 0 Å². The van der Waals surface area contributed by atoms with E-state index in [4.69, 9.17) is 16.3 Å². The molecule has 0 saturated heterocycles. The molecule has 0 aromatic heterocycles. The summed E-state index contributed by atoms with van der Waals surface area (Å²) in [5, 5.41) is 4.26. The zero-order chi connectivity index (χ0) is 13.3. The van der Waals surface area contributed by atoms with Crippen molar-refractivity contribution in [2.75, 3.05) is 12.4 Å². The molecule has 18 heavy (non-hydrogen) atoms. The Hall–Kier alpha value is -0.890. The second-order valence-corrected chi connectivity index (χ2v) is 6.56. The quantitative estimate of drug-likeness (QED) is 0.865. The first kappa shape index (κ1) is 13.5. The summed E-state index contributed by atoms with van der Waals surface area (Å²) in [6.45, 7) is 7.00. The highest BCUT2D eigenvalue weighted by Crippen LogP contribution is 2.42. The number of methoxy groups -OCH3 is 1. The maximum atomic E-state index is 6.03. The molecule has 0 aliphatic heterocycles. The Morgan fingerprint density at radius 1 is 1.33 bits per heavy atom. The molecule has 1 N–H and O–H groups in total. The van der Waals surface area contributed by atoms with Crippen LogP contribution in [0.5, 0.6) is 5.75 Å². The van der Waals surface area contributed by atoms with Gasteiger partial charge in [0.15, 0.2) is 0 Å². The first-order chi connectivity index (χ1) is 8.41. The molecule has 0 amide bonds. The first-order valence-corrected chi connectivity index (χ1v) is 6.89. The average Bonchev–Trinajstić information content (AvgIpc) is 2.54. The molecule has 1 aromatic carbocycles. The Labute approximate surface area is 115 Å². The minimum absolute atomic E-state index is 0.438. The van der Waals surface area contributed by atoms with Gasteiger partial charge in [-0.3, -0.25) is 0 Å². The zero-order valence-electron chi connectivity index (χ0n) is 11.6. The van der Waals surface area contributed by atoms with Crippen LogP contribution >= 0.6 is 11.6 Å². The van der Waals surface area contributed by atoms with E-state index in [1.807, 2.05) is 18.2 Å². The molecule has 0 heterocycles. The monoisotopic (exact) mass is 267 g/mol. The second kappa shape index (κ2) is 5.00. The molecule has 100 valence electrons. The molecule has 3 heteroatoms.